The molecule has 0 radical (unpaired) electrons. The molecule has 2 aromatic rings. The second-order valence-corrected chi connectivity index (χ2v) is 4.39. The van der Waals surface area contributed by atoms with Crippen molar-refractivity contribution >= 4 is 5.69 Å². The molecule has 1 unspecified atom stereocenters. The molecule has 1 atom stereocenters. The molecule has 0 saturated carbocycles. The number of phenols is 1. The Kier molecular flexibility index (Phi) is 4.02. The van der Waals surface area contributed by atoms with Crippen LogP contribution in [0.2, 0.25) is 0 Å². The van der Waals surface area contributed by atoms with E-state index in [-0.39, 0.29) is 18.4 Å². The van der Waals surface area contributed by atoms with E-state index in [9.17, 15) is 14.6 Å². The monoisotopic (exact) mass is 261 g/mol. The lowest BCUT2D eigenvalue weighted by Gasteiger charge is -2.18. The number of halogens is 1. The third-order valence-corrected chi connectivity index (χ3v) is 3.01. The van der Waals surface area contributed by atoms with Crippen molar-refractivity contribution in [2.24, 2.45) is 0 Å². The van der Waals surface area contributed by atoms with E-state index in [0.29, 0.717) is 5.56 Å². The lowest BCUT2D eigenvalue weighted by atomic mass is 10.1. The van der Waals surface area contributed by atoms with Gasteiger partial charge in [0.1, 0.15) is 11.6 Å². The molecule has 0 aliphatic carbocycles. The molecule has 0 saturated heterocycles. The Morgan fingerprint density at radius 1 is 1.21 bits per heavy atom. The van der Waals surface area contributed by atoms with E-state index >= 15 is 0 Å². The standard InChI is InChI=1S/C15H16FNO2/c1-10(13-7-6-12(19)8-14(13)16)17-15-5-3-2-4-11(15)9-18/h2-8,10,17-19H,9H2,1H3. The quantitative estimate of drug-likeness (QED) is 0.792. The van der Waals surface area contributed by atoms with Gasteiger partial charge in [0.15, 0.2) is 0 Å². The van der Waals surface area contributed by atoms with Gasteiger partial charge < -0.3 is 15.5 Å². The van der Waals surface area contributed by atoms with Crippen LogP contribution in [0, 0.1) is 5.82 Å². The molecule has 0 aromatic heterocycles. The van der Waals surface area contributed by atoms with E-state index in [1.807, 2.05) is 31.2 Å². The average molecular weight is 261 g/mol. The van der Waals surface area contributed by atoms with Crippen molar-refractivity contribution in [1.29, 1.82) is 0 Å². The van der Waals surface area contributed by atoms with Crippen LogP contribution < -0.4 is 5.32 Å². The van der Waals surface area contributed by atoms with Gasteiger partial charge in [-0.15, -0.1) is 0 Å². The van der Waals surface area contributed by atoms with Gasteiger partial charge in [-0.25, -0.2) is 4.39 Å². The van der Waals surface area contributed by atoms with Crippen molar-refractivity contribution in [3.05, 3.63) is 59.4 Å². The van der Waals surface area contributed by atoms with E-state index in [1.54, 1.807) is 6.07 Å². The largest absolute Gasteiger partial charge is 0.508 e. The highest BCUT2D eigenvalue weighted by Crippen LogP contribution is 2.26. The molecule has 3 N–H and O–H groups in total. The zero-order valence-corrected chi connectivity index (χ0v) is 10.6. The van der Waals surface area contributed by atoms with Crippen LogP contribution in [0.5, 0.6) is 5.75 Å². The first kappa shape index (κ1) is 13.4. The van der Waals surface area contributed by atoms with E-state index in [1.165, 1.54) is 6.07 Å². The number of aromatic hydroxyl groups is 1. The van der Waals surface area contributed by atoms with Crippen LogP contribution in [0.1, 0.15) is 24.1 Å². The molecule has 100 valence electrons. The normalized spacial score (nSPS) is 12.2. The number of hydrogen-bond acceptors (Lipinski definition) is 3. The van der Waals surface area contributed by atoms with Crippen molar-refractivity contribution in [3.63, 3.8) is 0 Å². The van der Waals surface area contributed by atoms with Gasteiger partial charge in [0, 0.05) is 22.9 Å². The summed E-state index contributed by atoms with van der Waals surface area (Å²) in [6.07, 6.45) is 0. The highest BCUT2D eigenvalue weighted by molar-refractivity contribution is 5.52. The smallest absolute Gasteiger partial charge is 0.132 e. The number of aliphatic hydroxyl groups is 1. The summed E-state index contributed by atoms with van der Waals surface area (Å²) >= 11 is 0. The van der Waals surface area contributed by atoms with E-state index in [0.717, 1.165) is 17.3 Å². The second kappa shape index (κ2) is 5.71. The van der Waals surface area contributed by atoms with Gasteiger partial charge in [0.25, 0.3) is 0 Å². The van der Waals surface area contributed by atoms with Crippen molar-refractivity contribution in [2.75, 3.05) is 5.32 Å². The number of nitrogens with one attached hydrogen (secondary N) is 1. The minimum absolute atomic E-state index is 0.0754. The molecule has 0 amide bonds. The third-order valence-electron chi connectivity index (χ3n) is 3.01. The topological polar surface area (TPSA) is 52.5 Å². The van der Waals surface area contributed by atoms with Crippen molar-refractivity contribution in [3.8, 4) is 5.75 Å². The van der Waals surface area contributed by atoms with E-state index < -0.39 is 5.82 Å². The molecule has 0 aliphatic rings. The molecule has 0 fully saturated rings. The van der Waals surface area contributed by atoms with Crippen molar-refractivity contribution in [1.82, 2.24) is 0 Å². The summed E-state index contributed by atoms with van der Waals surface area (Å²) in [7, 11) is 0. The number of benzene rings is 2. The van der Waals surface area contributed by atoms with Gasteiger partial charge in [0.05, 0.1) is 12.6 Å². The molecule has 4 heteroatoms. The maximum absolute atomic E-state index is 13.7. The Balaban J connectivity index is 2.23. The fourth-order valence-electron chi connectivity index (χ4n) is 1.98. The predicted molar refractivity (Wildman–Crippen MR) is 72.5 cm³/mol. The van der Waals surface area contributed by atoms with Gasteiger partial charge >= 0.3 is 0 Å². The van der Waals surface area contributed by atoms with Crippen LogP contribution >= 0.6 is 0 Å². The Morgan fingerprint density at radius 2 is 1.95 bits per heavy atom. The Morgan fingerprint density at radius 3 is 2.63 bits per heavy atom. The average Bonchev–Trinajstić information content (AvgIpc) is 2.39. The van der Waals surface area contributed by atoms with Gasteiger partial charge in [-0.2, -0.15) is 0 Å². The highest BCUT2D eigenvalue weighted by atomic mass is 19.1. The second-order valence-electron chi connectivity index (χ2n) is 4.39. The fourth-order valence-corrected chi connectivity index (χ4v) is 1.98. The maximum Gasteiger partial charge on any atom is 0.132 e. The van der Waals surface area contributed by atoms with Crippen molar-refractivity contribution < 1.29 is 14.6 Å². The number of phenolic OH excluding ortho intramolecular Hbond substituents is 1. The highest BCUT2D eigenvalue weighted by Gasteiger charge is 2.12. The Bertz CT molecular complexity index is 572. The molecule has 3 nitrogen and oxygen atoms in total. The summed E-state index contributed by atoms with van der Waals surface area (Å²) in [6.45, 7) is 1.75. The number of rotatable bonds is 4. The molecular formula is C15H16FNO2. The SMILES string of the molecule is CC(Nc1ccccc1CO)c1ccc(O)cc1F. The first-order chi connectivity index (χ1) is 9.11. The maximum atomic E-state index is 13.7. The summed E-state index contributed by atoms with van der Waals surface area (Å²) in [5.41, 5.74) is 1.99. The van der Waals surface area contributed by atoms with Crippen LogP contribution in [0.25, 0.3) is 0 Å². The van der Waals surface area contributed by atoms with Gasteiger partial charge in [-0.1, -0.05) is 24.3 Å². The summed E-state index contributed by atoms with van der Waals surface area (Å²) in [6, 6.07) is 11.1. The molecule has 2 aromatic carbocycles. The molecule has 0 heterocycles. The van der Waals surface area contributed by atoms with Crippen LogP contribution in [0.3, 0.4) is 0 Å². The molecule has 0 aliphatic heterocycles. The lowest BCUT2D eigenvalue weighted by Crippen LogP contribution is -2.10. The first-order valence-electron chi connectivity index (χ1n) is 6.05. The summed E-state index contributed by atoms with van der Waals surface area (Å²) < 4.78 is 13.7. The van der Waals surface area contributed by atoms with Gasteiger partial charge in [0.2, 0.25) is 0 Å². The number of anilines is 1. The predicted octanol–water partition coefficient (Wildman–Crippen LogP) is 3.20. The lowest BCUT2D eigenvalue weighted by molar-refractivity contribution is 0.282. The summed E-state index contributed by atoms with van der Waals surface area (Å²) in [5.74, 6) is -0.550. The molecule has 19 heavy (non-hydrogen) atoms. The number of aliphatic hydroxyl groups excluding tert-OH is 1. The van der Waals surface area contributed by atoms with Crippen LogP contribution in [-0.4, -0.2) is 10.2 Å². The zero-order valence-electron chi connectivity index (χ0n) is 10.6. The Hall–Kier alpha value is -2.07. The molecular weight excluding hydrogens is 245 g/mol. The molecule has 0 bridgehead atoms. The fraction of sp³-hybridized carbons (Fsp3) is 0.200. The molecule has 2 rings (SSSR count). The number of hydrogen-bond donors (Lipinski definition) is 3. The van der Waals surface area contributed by atoms with E-state index in [2.05, 4.69) is 5.32 Å². The summed E-state index contributed by atoms with van der Waals surface area (Å²) in [4.78, 5) is 0. The minimum atomic E-state index is -0.457. The van der Waals surface area contributed by atoms with Crippen LogP contribution in [0.4, 0.5) is 10.1 Å². The van der Waals surface area contributed by atoms with Crippen LogP contribution in [0.15, 0.2) is 42.5 Å². The molecule has 0 spiro atoms. The number of para-hydroxylation sites is 1. The minimum Gasteiger partial charge on any atom is -0.508 e. The van der Waals surface area contributed by atoms with Crippen LogP contribution in [-0.2, 0) is 6.61 Å². The zero-order chi connectivity index (χ0) is 13.8. The summed E-state index contributed by atoms with van der Waals surface area (Å²) in [5, 5.41) is 21.6. The Labute approximate surface area is 111 Å². The van der Waals surface area contributed by atoms with Gasteiger partial charge in [-0.3, -0.25) is 0 Å². The first-order valence-corrected chi connectivity index (χ1v) is 6.05. The third kappa shape index (κ3) is 3.03. The van der Waals surface area contributed by atoms with Gasteiger partial charge in [-0.05, 0) is 19.1 Å². The van der Waals surface area contributed by atoms with Crippen molar-refractivity contribution in [2.45, 2.75) is 19.6 Å². The van der Waals surface area contributed by atoms with E-state index in [4.69, 9.17) is 0 Å².